The van der Waals surface area contributed by atoms with Crippen molar-refractivity contribution in [3.05, 3.63) is 23.9 Å². The summed E-state index contributed by atoms with van der Waals surface area (Å²) in [7, 11) is 0. The Bertz CT molecular complexity index is 636. The van der Waals surface area contributed by atoms with Gasteiger partial charge in [0.15, 0.2) is 0 Å². The van der Waals surface area contributed by atoms with E-state index in [1.807, 2.05) is 17.0 Å². The summed E-state index contributed by atoms with van der Waals surface area (Å²) in [6.45, 7) is 3.93. The molecule has 3 fully saturated rings. The van der Waals surface area contributed by atoms with Gasteiger partial charge < -0.3 is 20.1 Å². The first-order chi connectivity index (χ1) is 12.2. The van der Waals surface area contributed by atoms with Crippen molar-refractivity contribution < 1.29 is 14.6 Å². The van der Waals surface area contributed by atoms with Gasteiger partial charge in [-0.1, -0.05) is 19.4 Å². The SMILES string of the molecule is CCCCOc1ncccc1CNC(=O)N1C[C@@H]2C[C@H]3C[C@H]2[C@H]1[C@H]3O. The fourth-order valence-corrected chi connectivity index (χ4v) is 4.92. The number of fused-ring (bicyclic) bond motifs is 1. The lowest BCUT2D eigenvalue weighted by atomic mass is 9.88. The normalized spacial score (nSPS) is 32.2. The minimum absolute atomic E-state index is 0.0120. The summed E-state index contributed by atoms with van der Waals surface area (Å²) in [5, 5.41) is 13.4. The molecule has 2 bridgehead atoms. The number of nitrogens with zero attached hydrogens (tertiary/aromatic N) is 2. The highest BCUT2D eigenvalue weighted by Crippen LogP contribution is 2.54. The number of pyridine rings is 1. The number of aromatic nitrogens is 1. The molecule has 25 heavy (non-hydrogen) atoms. The van der Waals surface area contributed by atoms with Gasteiger partial charge in [0.2, 0.25) is 5.88 Å². The predicted octanol–water partition coefficient (Wildman–Crippen LogP) is 2.17. The number of aliphatic hydroxyl groups excluding tert-OH is 1. The van der Waals surface area contributed by atoms with Crippen molar-refractivity contribution in [2.45, 2.75) is 51.3 Å². The Hall–Kier alpha value is -1.82. The van der Waals surface area contributed by atoms with Gasteiger partial charge in [0.1, 0.15) is 0 Å². The molecule has 3 aliphatic rings. The maximum absolute atomic E-state index is 12.7. The third-order valence-corrected chi connectivity index (χ3v) is 6.13. The van der Waals surface area contributed by atoms with Crippen LogP contribution >= 0.6 is 0 Å². The van der Waals surface area contributed by atoms with E-state index in [-0.39, 0.29) is 18.2 Å². The molecule has 1 aromatic rings. The molecule has 2 saturated carbocycles. The van der Waals surface area contributed by atoms with Gasteiger partial charge in [0, 0.05) is 24.8 Å². The van der Waals surface area contributed by atoms with E-state index in [0.717, 1.165) is 37.8 Å². The lowest BCUT2D eigenvalue weighted by molar-refractivity contribution is 0.0608. The highest BCUT2D eigenvalue weighted by molar-refractivity contribution is 5.75. The molecule has 0 spiro atoms. The van der Waals surface area contributed by atoms with E-state index in [1.165, 1.54) is 0 Å². The summed E-state index contributed by atoms with van der Waals surface area (Å²) < 4.78 is 5.73. The van der Waals surface area contributed by atoms with Crippen molar-refractivity contribution in [3.63, 3.8) is 0 Å². The fraction of sp³-hybridized carbons (Fsp3) is 0.684. The first-order valence-electron chi connectivity index (χ1n) is 9.48. The molecule has 0 unspecified atom stereocenters. The summed E-state index contributed by atoms with van der Waals surface area (Å²) in [6, 6.07) is 3.72. The fourth-order valence-electron chi connectivity index (χ4n) is 4.92. The predicted molar refractivity (Wildman–Crippen MR) is 93.1 cm³/mol. The van der Waals surface area contributed by atoms with Crippen LogP contribution in [0.3, 0.4) is 0 Å². The van der Waals surface area contributed by atoms with Crippen LogP contribution in [0.15, 0.2) is 18.3 Å². The highest BCUT2D eigenvalue weighted by Gasteiger charge is 2.59. The van der Waals surface area contributed by atoms with Gasteiger partial charge in [0.25, 0.3) is 0 Å². The Morgan fingerprint density at radius 2 is 2.32 bits per heavy atom. The number of likely N-dealkylation sites (tertiary alicyclic amines) is 1. The Balaban J connectivity index is 1.37. The Kier molecular flexibility index (Phi) is 4.54. The summed E-state index contributed by atoms with van der Waals surface area (Å²) in [6.07, 6.45) is 5.57. The van der Waals surface area contributed by atoms with Crippen molar-refractivity contribution in [2.24, 2.45) is 17.8 Å². The van der Waals surface area contributed by atoms with E-state index in [0.29, 0.717) is 36.8 Å². The van der Waals surface area contributed by atoms with Crippen molar-refractivity contribution in [1.82, 2.24) is 15.2 Å². The van der Waals surface area contributed by atoms with Crippen molar-refractivity contribution in [1.29, 1.82) is 0 Å². The van der Waals surface area contributed by atoms with Crippen LogP contribution in [0.2, 0.25) is 0 Å². The standard InChI is InChI=1S/C19H27N3O3/c1-2-3-7-25-18-12(5-4-6-20-18)10-21-19(24)22-11-14-8-13-9-15(14)16(22)17(13)23/h4-6,13-17,23H,2-3,7-11H2,1H3,(H,21,24)/t13-,14-,15+,16-,17-/m0/s1. The maximum atomic E-state index is 12.7. The van der Waals surface area contributed by atoms with E-state index >= 15 is 0 Å². The molecule has 4 rings (SSSR count). The van der Waals surface area contributed by atoms with Gasteiger partial charge in [-0.2, -0.15) is 0 Å². The number of rotatable bonds is 6. The van der Waals surface area contributed by atoms with Crippen LogP contribution in [0.4, 0.5) is 4.79 Å². The number of amides is 2. The molecule has 6 heteroatoms. The number of unbranched alkanes of at least 4 members (excludes halogenated alkanes) is 1. The van der Waals surface area contributed by atoms with E-state index in [1.54, 1.807) is 6.20 Å². The Morgan fingerprint density at radius 1 is 1.44 bits per heavy atom. The molecule has 6 nitrogen and oxygen atoms in total. The number of ether oxygens (including phenoxy) is 1. The van der Waals surface area contributed by atoms with E-state index in [4.69, 9.17) is 4.74 Å². The zero-order valence-electron chi connectivity index (χ0n) is 14.7. The second-order valence-electron chi connectivity index (χ2n) is 7.62. The largest absolute Gasteiger partial charge is 0.477 e. The number of hydrogen-bond donors (Lipinski definition) is 2. The zero-order valence-corrected chi connectivity index (χ0v) is 14.7. The quantitative estimate of drug-likeness (QED) is 0.775. The molecular weight excluding hydrogens is 318 g/mol. The number of carbonyl (C=O) groups is 1. The summed E-state index contributed by atoms with van der Waals surface area (Å²) >= 11 is 0. The molecule has 5 atom stereocenters. The number of urea groups is 1. The van der Waals surface area contributed by atoms with Gasteiger partial charge in [-0.15, -0.1) is 0 Å². The van der Waals surface area contributed by atoms with Crippen LogP contribution in [-0.4, -0.2) is 46.3 Å². The van der Waals surface area contributed by atoms with Crippen LogP contribution in [0.5, 0.6) is 5.88 Å². The van der Waals surface area contributed by atoms with Gasteiger partial charge in [-0.3, -0.25) is 0 Å². The molecule has 0 radical (unpaired) electrons. The third-order valence-electron chi connectivity index (χ3n) is 6.13. The molecule has 1 saturated heterocycles. The minimum atomic E-state index is -0.346. The topological polar surface area (TPSA) is 74.7 Å². The van der Waals surface area contributed by atoms with E-state index < -0.39 is 0 Å². The van der Waals surface area contributed by atoms with E-state index in [9.17, 15) is 9.90 Å². The van der Waals surface area contributed by atoms with Crippen LogP contribution < -0.4 is 10.1 Å². The molecule has 1 aliphatic heterocycles. The molecule has 2 heterocycles. The van der Waals surface area contributed by atoms with Gasteiger partial charge in [-0.25, -0.2) is 9.78 Å². The molecular formula is C19H27N3O3. The number of carbonyl (C=O) groups excluding carboxylic acids is 1. The molecule has 2 amide bonds. The molecule has 136 valence electrons. The first kappa shape index (κ1) is 16.6. The summed E-state index contributed by atoms with van der Waals surface area (Å²) in [5.41, 5.74) is 0.888. The third kappa shape index (κ3) is 2.97. The lowest BCUT2D eigenvalue weighted by Gasteiger charge is -2.29. The number of aliphatic hydroxyl groups is 1. The Labute approximate surface area is 148 Å². The van der Waals surface area contributed by atoms with E-state index in [2.05, 4.69) is 17.2 Å². The number of nitrogens with one attached hydrogen (secondary N) is 1. The molecule has 2 N–H and O–H groups in total. The van der Waals surface area contributed by atoms with Crippen molar-refractivity contribution >= 4 is 6.03 Å². The second-order valence-corrected chi connectivity index (χ2v) is 7.62. The lowest BCUT2D eigenvalue weighted by Crippen LogP contribution is -2.47. The average Bonchev–Trinajstić information content (AvgIpc) is 3.23. The first-order valence-corrected chi connectivity index (χ1v) is 9.48. The maximum Gasteiger partial charge on any atom is 0.318 e. The van der Waals surface area contributed by atoms with Crippen molar-refractivity contribution in [2.75, 3.05) is 13.2 Å². The van der Waals surface area contributed by atoms with Gasteiger partial charge in [-0.05, 0) is 43.1 Å². The average molecular weight is 345 g/mol. The second kappa shape index (κ2) is 6.83. The Morgan fingerprint density at radius 3 is 3.12 bits per heavy atom. The highest BCUT2D eigenvalue weighted by atomic mass is 16.5. The summed E-state index contributed by atoms with van der Waals surface area (Å²) in [4.78, 5) is 18.8. The molecule has 2 aliphatic carbocycles. The van der Waals surface area contributed by atoms with Crippen molar-refractivity contribution in [3.8, 4) is 5.88 Å². The van der Waals surface area contributed by atoms with Gasteiger partial charge >= 0.3 is 6.03 Å². The zero-order chi connectivity index (χ0) is 17.4. The van der Waals surface area contributed by atoms with Crippen LogP contribution in [0.1, 0.15) is 38.2 Å². The minimum Gasteiger partial charge on any atom is -0.477 e. The monoisotopic (exact) mass is 345 g/mol. The number of hydrogen-bond acceptors (Lipinski definition) is 4. The van der Waals surface area contributed by atoms with Gasteiger partial charge in [0.05, 0.1) is 18.8 Å². The van der Waals surface area contributed by atoms with Crippen LogP contribution in [0.25, 0.3) is 0 Å². The van der Waals surface area contributed by atoms with Crippen LogP contribution in [-0.2, 0) is 6.54 Å². The van der Waals surface area contributed by atoms with Crippen LogP contribution in [0, 0.1) is 17.8 Å². The summed E-state index contributed by atoms with van der Waals surface area (Å²) in [5.74, 6) is 2.07. The smallest absolute Gasteiger partial charge is 0.318 e. The molecule has 0 aromatic carbocycles. The molecule has 1 aromatic heterocycles.